The van der Waals surface area contributed by atoms with Crippen LogP contribution in [0.4, 0.5) is 0 Å². The van der Waals surface area contributed by atoms with Crippen molar-refractivity contribution in [3.63, 3.8) is 0 Å². The third-order valence-corrected chi connectivity index (χ3v) is 5.22. The average Bonchev–Trinajstić information content (AvgIpc) is 3.24. The SMILES string of the molecule is CC.Cc1nc2c(c(-c3ccn[nH]3)n1)CCN(C(=O)c1cccc(Cl)c1Cl)C2. The molecular weight excluding hydrogens is 397 g/mol. The zero-order valence-electron chi connectivity index (χ0n) is 16.0. The van der Waals surface area contributed by atoms with Crippen LogP contribution in [0.1, 0.15) is 41.3 Å². The van der Waals surface area contributed by atoms with Gasteiger partial charge in [-0.3, -0.25) is 9.89 Å². The summed E-state index contributed by atoms with van der Waals surface area (Å²) in [6.45, 7) is 6.80. The first kappa shape index (κ1) is 20.3. The van der Waals surface area contributed by atoms with E-state index < -0.39 is 0 Å². The van der Waals surface area contributed by atoms with Gasteiger partial charge in [0, 0.05) is 18.3 Å². The maximum Gasteiger partial charge on any atom is 0.255 e. The van der Waals surface area contributed by atoms with E-state index in [-0.39, 0.29) is 10.9 Å². The van der Waals surface area contributed by atoms with Gasteiger partial charge >= 0.3 is 0 Å². The summed E-state index contributed by atoms with van der Waals surface area (Å²) in [5.74, 6) is 0.506. The van der Waals surface area contributed by atoms with Crippen molar-refractivity contribution in [3.05, 3.63) is 63.2 Å². The van der Waals surface area contributed by atoms with Crippen LogP contribution in [0.15, 0.2) is 30.5 Å². The molecule has 1 aromatic carbocycles. The Kier molecular flexibility index (Phi) is 6.31. The first-order valence-corrected chi connectivity index (χ1v) is 9.89. The number of carbonyl (C=O) groups is 1. The molecule has 0 saturated carbocycles. The van der Waals surface area contributed by atoms with Gasteiger partial charge in [-0.25, -0.2) is 9.97 Å². The highest BCUT2D eigenvalue weighted by Gasteiger charge is 2.27. The van der Waals surface area contributed by atoms with Crippen molar-refractivity contribution in [2.75, 3.05) is 6.54 Å². The summed E-state index contributed by atoms with van der Waals surface area (Å²) in [6, 6.07) is 6.96. The Morgan fingerprint density at radius 2 is 1.96 bits per heavy atom. The van der Waals surface area contributed by atoms with Gasteiger partial charge in [-0.2, -0.15) is 5.10 Å². The molecular formula is C20H21Cl2N5O. The number of aromatic amines is 1. The van der Waals surface area contributed by atoms with Crippen molar-refractivity contribution < 1.29 is 4.79 Å². The van der Waals surface area contributed by atoms with Crippen molar-refractivity contribution in [2.24, 2.45) is 0 Å². The number of halogens is 2. The highest BCUT2D eigenvalue weighted by Crippen LogP contribution is 2.30. The van der Waals surface area contributed by atoms with E-state index in [1.165, 1.54) is 0 Å². The Morgan fingerprint density at radius 3 is 2.68 bits per heavy atom. The van der Waals surface area contributed by atoms with Crippen LogP contribution in [0, 0.1) is 6.92 Å². The van der Waals surface area contributed by atoms with Gasteiger partial charge in [0.15, 0.2) is 0 Å². The molecule has 146 valence electrons. The molecule has 3 aromatic rings. The third kappa shape index (κ3) is 3.88. The zero-order chi connectivity index (χ0) is 20.3. The Morgan fingerprint density at radius 1 is 1.18 bits per heavy atom. The molecule has 0 spiro atoms. The molecule has 0 radical (unpaired) electrons. The number of rotatable bonds is 2. The number of carbonyl (C=O) groups excluding carboxylic acids is 1. The van der Waals surface area contributed by atoms with E-state index in [0.29, 0.717) is 35.9 Å². The van der Waals surface area contributed by atoms with Gasteiger partial charge in [-0.1, -0.05) is 43.1 Å². The predicted octanol–water partition coefficient (Wildman–Crippen LogP) is 4.71. The lowest BCUT2D eigenvalue weighted by Crippen LogP contribution is -2.37. The number of benzene rings is 1. The Hall–Kier alpha value is -2.44. The Balaban J connectivity index is 0.00000109. The standard InChI is InChI=1S/C18H15Cl2N5O.C2H6/c1-10-22-15-9-25(18(26)12-3-2-4-13(19)16(12)20)8-6-11(15)17(23-10)14-5-7-21-24-14;1-2/h2-5,7H,6,8-9H2,1H3,(H,21,24);1-2H3. The van der Waals surface area contributed by atoms with E-state index in [0.717, 1.165) is 22.6 Å². The van der Waals surface area contributed by atoms with Gasteiger partial charge in [0.2, 0.25) is 0 Å². The van der Waals surface area contributed by atoms with Crippen LogP contribution in [0.3, 0.4) is 0 Å². The molecule has 8 heteroatoms. The molecule has 1 amide bonds. The van der Waals surface area contributed by atoms with E-state index in [4.69, 9.17) is 23.2 Å². The molecule has 1 aliphatic heterocycles. The minimum atomic E-state index is -0.150. The monoisotopic (exact) mass is 417 g/mol. The minimum absolute atomic E-state index is 0.150. The number of hydrogen-bond acceptors (Lipinski definition) is 4. The maximum absolute atomic E-state index is 12.9. The largest absolute Gasteiger partial charge is 0.332 e. The number of nitrogens with zero attached hydrogens (tertiary/aromatic N) is 4. The van der Waals surface area contributed by atoms with Crippen molar-refractivity contribution in [2.45, 2.75) is 33.7 Å². The van der Waals surface area contributed by atoms with Crippen LogP contribution in [-0.2, 0) is 13.0 Å². The summed E-state index contributed by atoms with van der Waals surface area (Å²) < 4.78 is 0. The number of hydrogen-bond donors (Lipinski definition) is 1. The maximum atomic E-state index is 12.9. The van der Waals surface area contributed by atoms with Crippen molar-refractivity contribution >= 4 is 29.1 Å². The van der Waals surface area contributed by atoms with Crippen LogP contribution >= 0.6 is 23.2 Å². The molecule has 0 saturated heterocycles. The topological polar surface area (TPSA) is 74.8 Å². The van der Waals surface area contributed by atoms with E-state index in [2.05, 4.69) is 20.2 Å². The van der Waals surface area contributed by atoms with Crippen LogP contribution in [0.5, 0.6) is 0 Å². The number of nitrogens with one attached hydrogen (secondary N) is 1. The van der Waals surface area contributed by atoms with Gasteiger partial charge in [0.05, 0.1) is 39.2 Å². The fourth-order valence-corrected chi connectivity index (χ4v) is 3.56. The van der Waals surface area contributed by atoms with Gasteiger partial charge < -0.3 is 4.90 Å². The molecule has 2 aromatic heterocycles. The molecule has 6 nitrogen and oxygen atoms in total. The highest BCUT2D eigenvalue weighted by molar-refractivity contribution is 6.43. The van der Waals surface area contributed by atoms with E-state index in [9.17, 15) is 4.79 Å². The number of aromatic nitrogens is 4. The smallest absolute Gasteiger partial charge is 0.255 e. The number of aryl methyl sites for hydroxylation is 1. The first-order valence-electron chi connectivity index (χ1n) is 9.14. The molecule has 0 aliphatic carbocycles. The molecule has 0 fully saturated rings. The molecule has 28 heavy (non-hydrogen) atoms. The summed E-state index contributed by atoms with van der Waals surface area (Å²) in [5, 5.41) is 7.60. The van der Waals surface area contributed by atoms with E-state index in [1.807, 2.05) is 26.8 Å². The second-order valence-electron chi connectivity index (χ2n) is 6.09. The fraction of sp³-hybridized carbons (Fsp3) is 0.300. The van der Waals surface area contributed by atoms with Gasteiger partial charge in [-0.15, -0.1) is 0 Å². The van der Waals surface area contributed by atoms with Crippen molar-refractivity contribution in [3.8, 4) is 11.4 Å². The molecule has 3 heterocycles. The fourth-order valence-electron chi connectivity index (χ4n) is 3.18. The number of amides is 1. The number of fused-ring (bicyclic) bond motifs is 1. The van der Waals surface area contributed by atoms with Crippen molar-refractivity contribution in [1.82, 2.24) is 25.1 Å². The Labute approximate surface area is 173 Å². The quantitative estimate of drug-likeness (QED) is 0.654. The molecule has 0 bridgehead atoms. The second kappa shape index (κ2) is 8.71. The van der Waals surface area contributed by atoms with Crippen LogP contribution in [0.25, 0.3) is 11.4 Å². The van der Waals surface area contributed by atoms with Crippen molar-refractivity contribution in [1.29, 1.82) is 0 Å². The molecule has 1 aliphatic rings. The molecule has 0 atom stereocenters. The zero-order valence-corrected chi connectivity index (χ0v) is 17.5. The summed E-state index contributed by atoms with van der Waals surface area (Å²) in [4.78, 5) is 23.8. The van der Waals surface area contributed by atoms with E-state index >= 15 is 0 Å². The lowest BCUT2D eigenvalue weighted by molar-refractivity contribution is 0.0732. The normalized spacial score (nSPS) is 12.8. The Bertz CT molecular complexity index is 989. The summed E-state index contributed by atoms with van der Waals surface area (Å²) >= 11 is 12.3. The van der Waals surface area contributed by atoms with Crippen LogP contribution in [0.2, 0.25) is 10.0 Å². The second-order valence-corrected chi connectivity index (χ2v) is 6.88. The summed E-state index contributed by atoms with van der Waals surface area (Å²) in [7, 11) is 0. The molecule has 0 unspecified atom stereocenters. The molecule has 4 rings (SSSR count). The van der Waals surface area contributed by atoms with Gasteiger partial charge in [0.25, 0.3) is 5.91 Å². The van der Waals surface area contributed by atoms with Gasteiger partial charge in [-0.05, 0) is 31.5 Å². The van der Waals surface area contributed by atoms with Crippen LogP contribution in [-0.4, -0.2) is 37.5 Å². The predicted molar refractivity (Wildman–Crippen MR) is 111 cm³/mol. The minimum Gasteiger partial charge on any atom is -0.332 e. The van der Waals surface area contributed by atoms with Gasteiger partial charge in [0.1, 0.15) is 5.82 Å². The lowest BCUT2D eigenvalue weighted by Gasteiger charge is -2.29. The van der Waals surface area contributed by atoms with E-state index in [1.54, 1.807) is 29.3 Å². The average molecular weight is 418 g/mol. The summed E-state index contributed by atoms with van der Waals surface area (Å²) in [6.07, 6.45) is 2.35. The van der Waals surface area contributed by atoms with Crippen LogP contribution < -0.4 is 0 Å². The lowest BCUT2D eigenvalue weighted by atomic mass is 10.00. The highest BCUT2D eigenvalue weighted by atomic mass is 35.5. The third-order valence-electron chi connectivity index (χ3n) is 4.40. The summed E-state index contributed by atoms with van der Waals surface area (Å²) in [5.41, 5.74) is 3.99. The molecule has 1 N–H and O–H groups in total. The number of H-pyrrole nitrogens is 1. The first-order chi connectivity index (χ1) is 13.5.